The summed E-state index contributed by atoms with van der Waals surface area (Å²) in [6.45, 7) is 4.66. The number of aryl methyl sites for hydroxylation is 1. The molecular weight excluding hydrogens is 304 g/mol. The average molecular weight is 326 g/mol. The van der Waals surface area contributed by atoms with Gasteiger partial charge < -0.3 is 20.1 Å². The van der Waals surface area contributed by atoms with Crippen molar-refractivity contribution in [2.75, 3.05) is 19.0 Å². The Hall–Kier alpha value is -2.69. The van der Waals surface area contributed by atoms with Gasteiger partial charge in [0, 0.05) is 0 Å². The number of fused-ring (bicyclic) bond motifs is 1. The first-order chi connectivity index (χ1) is 11.6. The molecule has 0 spiro atoms. The number of carbonyl (C=O) groups is 1. The zero-order valence-corrected chi connectivity index (χ0v) is 14.2. The molecule has 0 fully saturated rings. The topological polar surface area (TPSA) is 59.6 Å². The Morgan fingerprint density at radius 2 is 1.96 bits per heavy atom. The molecular formula is C19H22N2O3. The monoisotopic (exact) mass is 326 g/mol. The lowest BCUT2D eigenvalue weighted by Crippen LogP contribution is -2.38. The first-order valence-electron chi connectivity index (χ1n) is 8.11. The van der Waals surface area contributed by atoms with Crippen LogP contribution in [0, 0.1) is 6.92 Å². The van der Waals surface area contributed by atoms with Crippen molar-refractivity contribution in [1.29, 1.82) is 0 Å². The molecule has 0 radical (unpaired) electrons. The fraction of sp³-hybridized carbons (Fsp3) is 0.316. The predicted octanol–water partition coefficient (Wildman–Crippen LogP) is 3.65. The summed E-state index contributed by atoms with van der Waals surface area (Å²) in [4.78, 5) is 12.4. The lowest BCUT2D eigenvalue weighted by Gasteiger charge is -2.29. The van der Waals surface area contributed by atoms with E-state index in [1.54, 1.807) is 7.11 Å². The molecule has 126 valence electrons. The Morgan fingerprint density at radius 3 is 2.71 bits per heavy atom. The average Bonchev–Trinajstić information content (AvgIpc) is 2.60. The SMILES string of the molecule is CCCOc1cc([C@@H]2NC(=O)c3cccc(C)c3N2)ccc1OC. The highest BCUT2D eigenvalue weighted by molar-refractivity contribution is 6.02. The van der Waals surface area contributed by atoms with Crippen LogP contribution in [0.5, 0.6) is 11.5 Å². The number of carbonyl (C=O) groups excluding carboxylic acids is 1. The molecule has 1 aliphatic heterocycles. The van der Waals surface area contributed by atoms with Gasteiger partial charge in [0.2, 0.25) is 0 Å². The maximum absolute atomic E-state index is 12.4. The molecule has 2 aromatic carbocycles. The van der Waals surface area contributed by atoms with E-state index < -0.39 is 0 Å². The Kier molecular flexibility index (Phi) is 4.60. The molecule has 2 N–H and O–H groups in total. The second-order valence-corrected chi connectivity index (χ2v) is 5.81. The first-order valence-corrected chi connectivity index (χ1v) is 8.11. The largest absolute Gasteiger partial charge is 0.493 e. The van der Waals surface area contributed by atoms with Gasteiger partial charge >= 0.3 is 0 Å². The van der Waals surface area contributed by atoms with Crippen LogP contribution in [0.3, 0.4) is 0 Å². The lowest BCUT2D eigenvalue weighted by molar-refractivity contribution is 0.0935. The number of para-hydroxylation sites is 1. The van der Waals surface area contributed by atoms with Crippen molar-refractivity contribution in [1.82, 2.24) is 5.32 Å². The third-order valence-electron chi connectivity index (χ3n) is 4.06. The maximum Gasteiger partial charge on any atom is 0.255 e. The van der Waals surface area contributed by atoms with Crippen LogP contribution in [0.15, 0.2) is 36.4 Å². The smallest absolute Gasteiger partial charge is 0.255 e. The molecule has 3 rings (SSSR count). The molecule has 0 unspecified atom stereocenters. The van der Waals surface area contributed by atoms with E-state index in [4.69, 9.17) is 9.47 Å². The fourth-order valence-electron chi connectivity index (χ4n) is 2.80. The van der Waals surface area contributed by atoms with Gasteiger partial charge in [-0.05, 0) is 42.7 Å². The van der Waals surface area contributed by atoms with Crippen molar-refractivity contribution in [2.24, 2.45) is 0 Å². The summed E-state index contributed by atoms with van der Waals surface area (Å²) in [5.41, 5.74) is 3.51. The Morgan fingerprint density at radius 1 is 1.12 bits per heavy atom. The van der Waals surface area contributed by atoms with Crippen LogP contribution in [0.25, 0.3) is 0 Å². The highest BCUT2D eigenvalue weighted by Gasteiger charge is 2.26. The molecule has 0 aliphatic carbocycles. The minimum absolute atomic E-state index is 0.0794. The molecule has 0 saturated heterocycles. The quantitative estimate of drug-likeness (QED) is 0.880. The van der Waals surface area contributed by atoms with E-state index in [0.717, 1.165) is 23.2 Å². The normalized spacial score (nSPS) is 16.0. The summed E-state index contributed by atoms with van der Waals surface area (Å²) < 4.78 is 11.1. The second kappa shape index (κ2) is 6.83. The molecule has 5 heteroatoms. The summed E-state index contributed by atoms with van der Waals surface area (Å²) in [5.74, 6) is 1.29. The molecule has 0 aromatic heterocycles. The van der Waals surface area contributed by atoms with Crippen molar-refractivity contribution in [2.45, 2.75) is 26.4 Å². The summed E-state index contributed by atoms with van der Waals surface area (Å²) >= 11 is 0. The first kappa shape index (κ1) is 16.2. The van der Waals surface area contributed by atoms with E-state index in [0.29, 0.717) is 23.7 Å². The highest BCUT2D eigenvalue weighted by Crippen LogP contribution is 2.34. The van der Waals surface area contributed by atoms with Crippen molar-refractivity contribution in [3.05, 3.63) is 53.1 Å². The number of methoxy groups -OCH3 is 1. The number of rotatable bonds is 5. The van der Waals surface area contributed by atoms with E-state index in [1.165, 1.54) is 0 Å². The van der Waals surface area contributed by atoms with Gasteiger partial charge in [-0.2, -0.15) is 0 Å². The van der Waals surface area contributed by atoms with Crippen LogP contribution in [-0.2, 0) is 0 Å². The van der Waals surface area contributed by atoms with Gasteiger partial charge in [0.1, 0.15) is 6.17 Å². The van der Waals surface area contributed by atoms with E-state index in [2.05, 4.69) is 17.6 Å². The molecule has 1 aliphatic rings. The van der Waals surface area contributed by atoms with Crippen molar-refractivity contribution in [3.8, 4) is 11.5 Å². The van der Waals surface area contributed by atoms with Gasteiger partial charge in [0.05, 0.1) is 25.0 Å². The van der Waals surface area contributed by atoms with Crippen LogP contribution >= 0.6 is 0 Å². The summed E-state index contributed by atoms with van der Waals surface area (Å²) in [6.07, 6.45) is 0.610. The van der Waals surface area contributed by atoms with Crippen LogP contribution in [0.4, 0.5) is 5.69 Å². The van der Waals surface area contributed by atoms with Gasteiger partial charge in [-0.15, -0.1) is 0 Å². The molecule has 1 heterocycles. The minimum atomic E-state index is -0.305. The molecule has 5 nitrogen and oxygen atoms in total. The lowest BCUT2D eigenvalue weighted by atomic mass is 10.0. The van der Waals surface area contributed by atoms with Gasteiger partial charge in [-0.25, -0.2) is 0 Å². The molecule has 1 amide bonds. The third kappa shape index (κ3) is 3.02. The van der Waals surface area contributed by atoms with Crippen molar-refractivity contribution >= 4 is 11.6 Å². The highest BCUT2D eigenvalue weighted by atomic mass is 16.5. The number of benzene rings is 2. The Bertz CT molecular complexity index is 758. The third-order valence-corrected chi connectivity index (χ3v) is 4.06. The standard InChI is InChI=1S/C19H22N2O3/c1-4-10-24-16-11-13(8-9-15(16)23-3)18-20-17-12(2)6-5-7-14(17)19(22)21-18/h5-9,11,18,20H,4,10H2,1-3H3,(H,21,22)/t18-/m0/s1. The second-order valence-electron chi connectivity index (χ2n) is 5.81. The summed E-state index contributed by atoms with van der Waals surface area (Å²) in [6, 6.07) is 11.4. The van der Waals surface area contributed by atoms with Crippen LogP contribution in [0.2, 0.25) is 0 Å². The van der Waals surface area contributed by atoms with E-state index in [9.17, 15) is 4.79 Å². The Labute approximate surface area is 142 Å². The van der Waals surface area contributed by atoms with Crippen LogP contribution in [0.1, 0.15) is 41.0 Å². The molecule has 0 saturated carbocycles. The van der Waals surface area contributed by atoms with Gasteiger partial charge in [-0.3, -0.25) is 4.79 Å². The maximum atomic E-state index is 12.4. The number of nitrogens with one attached hydrogen (secondary N) is 2. The van der Waals surface area contributed by atoms with Gasteiger partial charge in [0.25, 0.3) is 5.91 Å². The van der Waals surface area contributed by atoms with Crippen molar-refractivity contribution < 1.29 is 14.3 Å². The van der Waals surface area contributed by atoms with Gasteiger partial charge in [0.15, 0.2) is 11.5 Å². The summed E-state index contributed by atoms with van der Waals surface area (Å²) in [5, 5.41) is 6.39. The van der Waals surface area contributed by atoms with E-state index in [-0.39, 0.29) is 12.1 Å². The molecule has 1 atom stereocenters. The van der Waals surface area contributed by atoms with Crippen LogP contribution in [-0.4, -0.2) is 19.6 Å². The molecule has 2 aromatic rings. The van der Waals surface area contributed by atoms with Crippen LogP contribution < -0.4 is 20.1 Å². The van der Waals surface area contributed by atoms with E-state index in [1.807, 2.05) is 43.3 Å². The predicted molar refractivity (Wildman–Crippen MR) is 93.8 cm³/mol. The molecule has 24 heavy (non-hydrogen) atoms. The van der Waals surface area contributed by atoms with Gasteiger partial charge in [-0.1, -0.05) is 25.1 Å². The zero-order valence-electron chi connectivity index (χ0n) is 14.2. The number of amides is 1. The van der Waals surface area contributed by atoms with E-state index >= 15 is 0 Å². The minimum Gasteiger partial charge on any atom is -0.493 e. The number of hydrogen-bond acceptors (Lipinski definition) is 4. The Balaban J connectivity index is 1.92. The fourth-order valence-corrected chi connectivity index (χ4v) is 2.80. The molecule has 0 bridgehead atoms. The number of ether oxygens (including phenoxy) is 2. The zero-order chi connectivity index (χ0) is 17.1. The number of anilines is 1. The summed E-state index contributed by atoms with van der Waals surface area (Å²) in [7, 11) is 1.62. The van der Waals surface area contributed by atoms with Crippen molar-refractivity contribution in [3.63, 3.8) is 0 Å². The number of hydrogen-bond donors (Lipinski definition) is 2.